The lowest BCUT2D eigenvalue weighted by molar-refractivity contribution is 0.666. The Bertz CT molecular complexity index is 2130. The van der Waals surface area contributed by atoms with Crippen molar-refractivity contribution in [3.8, 4) is 11.5 Å². The first kappa shape index (κ1) is 20.7. The van der Waals surface area contributed by atoms with Gasteiger partial charge in [0.25, 0.3) is 0 Å². The van der Waals surface area contributed by atoms with E-state index in [4.69, 9.17) is 9.40 Å². The number of nitrogens with zero attached hydrogens (tertiary/aromatic N) is 3. The van der Waals surface area contributed by atoms with Gasteiger partial charge in [-0.1, -0.05) is 72.8 Å². The van der Waals surface area contributed by atoms with Gasteiger partial charge in [0.2, 0.25) is 0 Å². The zero-order chi connectivity index (χ0) is 25.5. The molecule has 4 heterocycles. The Hall–Kier alpha value is -5.35. The quantitative estimate of drug-likeness (QED) is 0.238. The highest BCUT2D eigenvalue weighted by Gasteiger charge is 2.17. The third-order valence-corrected chi connectivity index (χ3v) is 7.97. The summed E-state index contributed by atoms with van der Waals surface area (Å²) in [5.41, 5.74) is 7.42. The van der Waals surface area contributed by atoms with Gasteiger partial charge in [0.05, 0.1) is 28.3 Å². The second-order valence-electron chi connectivity index (χ2n) is 10.1. The number of para-hydroxylation sites is 4. The Morgan fingerprint density at radius 3 is 1.49 bits per heavy atom. The number of hydrogen-bond acceptors (Lipinski definition) is 2. The molecular formula is C35H21N3O. The van der Waals surface area contributed by atoms with E-state index in [-0.39, 0.29) is 0 Å². The Morgan fingerprint density at radius 1 is 0.436 bits per heavy atom. The van der Waals surface area contributed by atoms with Gasteiger partial charge < -0.3 is 8.98 Å². The van der Waals surface area contributed by atoms with Gasteiger partial charge >= 0.3 is 0 Å². The predicted molar refractivity (Wildman–Crippen MR) is 160 cm³/mol. The monoisotopic (exact) mass is 499 g/mol. The van der Waals surface area contributed by atoms with Gasteiger partial charge in [-0.3, -0.25) is 4.57 Å². The summed E-state index contributed by atoms with van der Waals surface area (Å²) in [6.07, 6.45) is 1.86. The summed E-state index contributed by atoms with van der Waals surface area (Å²) >= 11 is 0. The van der Waals surface area contributed by atoms with Crippen molar-refractivity contribution in [2.75, 3.05) is 0 Å². The van der Waals surface area contributed by atoms with Gasteiger partial charge in [0, 0.05) is 38.0 Å². The molecule has 182 valence electrons. The molecule has 0 unspecified atom stereocenters. The first-order valence-corrected chi connectivity index (χ1v) is 13.1. The number of fused-ring (bicyclic) bond motifs is 9. The Kier molecular flexibility index (Phi) is 4.02. The molecule has 5 aromatic carbocycles. The second kappa shape index (κ2) is 7.59. The van der Waals surface area contributed by atoms with Crippen LogP contribution in [0.4, 0.5) is 0 Å². The number of benzene rings is 5. The standard InChI is InChI=1S/C35H21N3O/c1-5-13-29-23(9-1)24-10-2-6-14-30(24)37(29)22-17-18-33-27(19-22)28-20-35(36-21-34(28)39-33)38-31-15-7-3-11-25(31)26-12-4-8-16-32(26)38/h1-21H. The lowest BCUT2D eigenvalue weighted by atomic mass is 10.1. The van der Waals surface area contributed by atoms with Crippen LogP contribution in [0.2, 0.25) is 0 Å². The molecule has 9 rings (SSSR count). The van der Waals surface area contributed by atoms with Crippen molar-refractivity contribution in [2.45, 2.75) is 0 Å². The maximum absolute atomic E-state index is 6.27. The average molecular weight is 500 g/mol. The first-order chi connectivity index (χ1) is 19.3. The van der Waals surface area contributed by atoms with Gasteiger partial charge in [-0.05, 0) is 48.5 Å². The number of pyridine rings is 1. The van der Waals surface area contributed by atoms with Crippen LogP contribution in [0.3, 0.4) is 0 Å². The molecule has 0 radical (unpaired) electrons. The van der Waals surface area contributed by atoms with Crippen molar-refractivity contribution in [1.29, 1.82) is 0 Å². The zero-order valence-corrected chi connectivity index (χ0v) is 20.9. The van der Waals surface area contributed by atoms with Gasteiger partial charge in [-0.2, -0.15) is 0 Å². The zero-order valence-electron chi connectivity index (χ0n) is 20.9. The summed E-state index contributed by atoms with van der Waals surface area (Å²) in [4.78, 5) is 4.86. The minimum atomic E-state index is 0.786. The summed E-state index contributed by atoms with van der Waals surface area (Å²) in [6.45, 7) is 0. The number of furan rings is 1. The van der Waals surface area contributed by atoms with Gasteiger partial charge in [0.1, 0.15) is 11.4 Å². The molecule has 9 aromatic rings. The van der Waals surface area contributed by atoms with E-state index in [1.807, 2.05) is 6.20 Å². The lowest BCUT2D eigenvalue weighted by Crippen LogP contribution is -1.96. The van der Waals surface area contributed by atoms with Crippen LogP contribution in [0.15, 0.2) is 132 Å². The van der Waals surface area contributed by atoms with Gasteiger partial charge in [-0.15, -0.1) is 0 Å². The molecule has 0 N–H and O–H groups in total. The SMILES string of the molecule is c1ccc2c(c1)c1ccccc1n2-c1ccc2oc3cnc(-n4c5ccccc5c5ccccc54)cc3c2c1. The molecule has 4 nitrogen and oxygen atoms in total. The van der Waals surface area contributed by atoms with Crippen LogP contribution in [-0.2, 0) is 0 Å². The van der Waals surface area contributed by atoms with E-state index < -0.39 is 0 Å². The fourth-order valence-electron chi connectivity index (χ4n) is 6.29. The summed E-state index contributed by atoms with van der Waals surface area (Å²) < 4.78 is 10.9. The highest BCUT2D eigenvalue weighted by molar-refractivity contribution is 6.12. The average Bonchev–Trinajstić information content (AvgIpc) is 3.64. The van der Waals surface area contributed by atoms with E-state index in [9.17, 15) is 0 Å². The van der Waals surface area contributed by atoms with Gasteiger partial charge in [-0.25, -0.2) is 4.98 Å². The summed E-state index contributed by atoms with van der Waals surface area (Å²) in [5, 5.41) is 7.08. The van der Waals surface area contributed by atoms with E-state index in [2.05, 4.69) is 130 Å². The van der Waals surface area contributed by atoms with E-state index >= 15 is 0 Å². The van der Waals surface area contributed by atoms with E-state index in [0.717, 1.165) is 44.5 Å². The minimum absolute atomic E-state index is 0.786. The molecule has 0 spiro atoms. The molecule has 0 bridgehead atoms. The molecule has 0 saturated carbocycles. The highest BCUT2D eigenvalue weighted by atomic mass is 16.3. The van der Waals surface area contributed by atoms with E-state index in [1.165, 1.54) is 32.6 Å². The molecule has 39 heavy (non-hydrogen) atoms. The number of aromatic nitrogens is 3. The molecule has 0 atom stereocenters. The highest BCUT2D eigenvalue weighted by Crippen LogP contribution is 2.37. The van der Waals surface area contributed by atoms with Crippen LogP contribution in [0, 0.1) is 0 Å². The Balaban J connectivity index is 1.32. The molecule has 4 heteroatoms. The third kappa shape index (κ3) is 2.80. The van der Waals surface area contributed by atoms with Crippen LogP contribution >= 0.6 is 0 Å². The largest absolute Gasteiger partial charge is 0.454 e. The van der Waals surface area contributed by atoms with Gasteiger partial charge in [0.15, 0.2) is 5.58 Å². The normalized spacial score (nSPS) is 12.1. The Labute approximate surface area is 222 Å². The maximum Gasteiger partial charge on any atom is 0.153 e. The first-order valence-electron chi connectivity index (χ1n) is 13.1. The molecule has 0 aliphatic heterocycles. The fourth-order valence-corrected chi connectivity index (χ4v) is 6.29. The van der Waals surface area contributed by atoms with Crippen molar-refractivity contribution < 1.29 is 4.42 Å². The number of rotatable bonds is 2. The van der Waals surface area contributed by atoms with Crippen molar-refractivity contribution in [3.05, 3.63) is 128 Å². The topological polar surface area (TPSA) is 35.9 Å². The van der Waals surface area contributed by atoms with Crippen LogP contribution in [-0.4, -0.2) is 14.1 Å². The van der Waals surface area contributed by atoms with Crippen molar-refractivity contribution in [3.63, 3.8) is 0 Å². The Morgan fingerprint density at radius 2 is 0.923 bits per heavy atom. The predicted octanol–water partition coefficient (Wildman–Crippen LogP) is 9.18. The molecule has 4 aromatic heterocycles. The second-order valence-corrected chi connectivity index (χ2v) is 10.1. The molecule has 0 amide bonds. The molecule has 0 aliphatic rings. The van der Waals surface area contributed by atoms with Crippen LogP contribution in [0.25, 0.3) is 77.1 Å². The lowest BCUT2D eigenvalue weighted by Gasteiger charge is -2.08. The summed E-state index contributed by atoms with van der Waals surface area (Å²) in [6, 6.07) is 42.9. The van der Waals surface area contributed by atoms with Crippen molar-refractivity contribution in [1.82, 2.24) is 14.1 Å². The molecule has 0 saturated heterocycles. The fraction of sp³-hybridized carbons (Fsp3) is 0. The van der Waals surface area contributed by atoms with Crippen molar-refractivity contribution >= 4 is 65.6 Å². The maximum atomic E-state index is 6.27. The van der Waals surface area contributed by atoms with Crippen LogP contribution < -0.4 is 0 Å². The van der Waals surface area contributed by atoms with Crippen molar-refractivity contribution in [2.24, 2.45) is 0 Å². The number of hydrogen-bond donors (Lipinski definition) is 0. The minimum Gasteiger partial charge on any atom is -0.454 e. The smallest absolute Gasteiger partial charge is 0.153 e. The molecular weight excluding hydrogens is 478 g/mol. The van der Waals surface area contributed by atoms with E-state index in [0.29, 0.717) is 0 Å². The van der Waals surface area contributed by atoms with Crippen LogP contribution in [0.1, 0.15) is 0 Å². The third-order valence-electron chi connectivity index (χ3n) is 7.97. The van der Waals surface area contributed by atoms with Crippen LogP contribution in [0.5, 0.6) is 0 Å². The summed E-state index contributed by atoms with van der Waals surface area (Å²) in [7, 11) is 0. The molecule has 0 fully saturated rings. The summed E-state index contributed by atoms with van der Waals surface area (Å²) in [5.74, 6) is 0.880. The molecule has 0 aliphatic carbocycles. The van der Waals surface area contributed by atoms with E-state index in [1.54, 1.807) is 0 Å².